The topological polar surface area (TPSA) is 38.3 Å². The van der Waals surface area contributed by atoms with E-state index in [4.69, 9.17) is 16.3 Å². The number of para-hydroxylation sites is 1. The molecule has 0 bridgehead atoms. The third-order valence-electron chi connectivity index (χ3n) is 3.21. The molecule has 1 N–H and O–H groups in total. The number of benzene rings is 2. The Bertz CT molecular complexity index is 663. The molecule has 3 nitrogen and oxygen atoms in total. The number of halogens is 1. The van der Waals surface area contributed by atoms with Gasteiger partial charge in [0.1, 0.15) is 5.75 Å². The number of thioether (sulfide) groups is 1. The van der Waals surface area contributed by atoms with Gasteiger partial charge in [-0.1, -0.05) is 35.9 Å². The maximum atomic E-state index is 12.1. The second kappa shape index (κ2) is 8.85. The van der Waals surface area contributed by atoms with E-state index in [2.05, 4.69) is 5.32 Å². The molecule has 2 aromatic rings. The summed E-state index contributed by atoms with van der Waals surface area (Å²) in [6.07, 6.45) is 0. The van der Waals surface area contributed by atoms with Crippen LogP contribution in [0.2, 0.25) is 5.02 Å². The number of carbonyl (C=O) groups is 1. The Morgan fingerprint density at radius 1 is 1.26 bits per heavy atom. The van der Waals surface area contributed by atoms with Crippen LogP contribution in [0.4, 0.5) is 5.69 Å². The average Bonchev–Trinajstić information content (AvgIpc) is 2.53. The summed E-state index contributed by atoms with van der Waals surface area (Å²) in [5, 5.41) is 3.21. The van der Waals surface area contributed by atoms with E-state index in [9.17, 15) is 4.79 Å². The third kappa shape index (κ3) is 5.81. The monoisotopic (exact) mass is 349 g/mol. The summed E-state index contributed by atoms with van der Waals surface area (Å²) in [5.41, 5.74) is 1.81. The molecule has 1 atom stereocenters. The first-order valence-corrected chi connectivity index (χ1v) is 8.85. The molecule has 0 saturated heterocycles. The molecule has 5 heteroatoms. The summed E-state index contributed by atoms with van der Waals surface area (Å²) in [6, 6.07) is 15.2. The van der Waals surface area contributed by atoms with Crippen molar-refractivity contribution in [1.82, 2.24) is 0 Å². The lowest BCUT2D eigenvalue weighted by Crippen LogP contribution is -2.23. The Kier molecular flexibility index (Phi) is 6.81. The van der Waals surface area contributed by atoms with Crippen LogP contribution in [0.3, 0.4) is 0 Å². The highest BCUT2D eigenvalue weighted by Crippen LogP contribution is 2.22. The van der Waals surface area contributed by atoms with E-state index in [1.807, 2.05) is 50.2 Å². The lowest BCUT2D eigenvalue weighted by atomic mass is 10.2. The van der Waals surface area contributed by atoms with Crippen LogP contribution < -0.4 is 10.1 Å². The van der Waals surface area contributed by atoms with Gasteiger partial charge < -0.3 is 10.1 Å². The van der Waals surface area contributed by atoms with Crippen LogP contribution >= 0.6 is 23.4 Å². The van der Waals surface area contributed by atoms with Crippen molar-refractivity contribution in [1.29, 1.82) is 0 Å². The Morgan fingerprint density at radius 3 is 2.78 bits per heavy atom. The minimum atomic E-state index is -0.174. The van der Waals surface area contributed by atoms with E-state index < -0.39 is 0 Å². The molecule has 0 aromatic heterocycles. The van der Waals surface area contributed by atoms with Crippen LogP contribution in [0.15, 0.2) is 48.5 Å². The summed E-state index contributed by atoms with van der Waals surface area (Å²) in [5.74, 6) is 1.54. The van der Waals surface area contributed by atoms with Gasteiger partial charge in [-0.2, -0.15) is 0 Å². The smallest absolute Gasteiger partial charge is 0.237 e. The van der Waals surface area contributed by atoms with Crippen molar-refractivity contribution in [3.8, 4) is 5.75 Å². The van der Waals surface area contributed by atoms with Crippen LogP contribution in [-0.4, -0.2) is 23.5 Å². The Morgan fingerprint density at radius 2 is 2.04 bits per heavy atom. The molecule has 0 aliphatic rings. The molecular formula is C18H20ClNO2S. The van der Waals surface area contributed by atoms with E-state index in [-0.39, 0.29) is 11.2 Å². The lowest BCUT2D eigenvalue weighted by molar-refractivity contribution is -0.115. The van der Waals surface area contributed by atoms with Crippen LogP contribution in [-0.2, 0) is 4.79 Å². The van der Waals surface area contributed by atoms with Crippen LogP contribution in [0.1, 0.15) is 12.5 Å². The summed E-state index contributed by atoms with van der Waals surface area (Å²) >= 11 is 7.59. The Labute approximate surface area is 146 Å². The second-order valence-electron chi connectivity index (χ2n) is 5.15. The molecule has 0 unspecified atom stereocenters. The normalized spacial score (nSPS) is 11.8. The quantitative estimate of drug-likeness (QED) is 0.730. The number of aryl methyl sites for hydroxylation is 1. The van der Waals surface area contributed by atoms with Crippen molar-refractivity contribution < 1.29 is 9.53 Å². The molecule has 0 aliphatic heterocycles. The number of amides is 1. The zero-order valence-electron chi connectivity index (χ0n) is 13.2. The largest absolute Gasteiger partial charge is 0.493 e. The van der Waals surface area contributed by atoms with Crippen LogP contribution in [0, 0.1) is 6.92 Å². The van der Waals surface area contributed by atoms with Crippen molar-refractivity contribution in [2.45, 2.75) is 19.1 Å². The van der Waals surface area contributed by atoms with Gasteiger partial charge in [0.05, 0.1) is 22.6 Å². The zero-order valence-corrected chi connectivity index (χ0v) is 14.8. The van der Waals surface area contributed by atoms with Crippen molar-refractivity contribution in [2.24, 2.45) is 0 Å². The molecule has 0 heterocycles. The second-order valence-corrected chi connectivity index (χ2v) is 7.00. The molecule has 0 radical (unpaired) electrons. The number of hydrogen-bond donors (Lipinski definition) is 1. The fraction of sp³-hybridized carbons (Fsp3) is 0.278. The first-order valence-electron chi connectivity index (χ1n) is 7.43. The van der Waals surface area contributed by atoms with Crippen molar-refractivity contribution >= 4 is 35.0 Å². The summed E-state index contributed by atoms with van der Waals surface area (Å²) in [7, 11) is 0. The van der Waals surface area contributed by atoms with Gasteiger partial charge in [-0.3, -0.25) is 4.79 Å². The molecule has 2 aromatic carbocycles. The minimum absolute atomic E-state index is 0.0568. The number of ether oxygens (including phenoxy) is 1. The SMILES string of the molecule is Cc1cccc(OCCS[C@H](C)C(=O)Nc2ccccc2Cl)c1. The summed E-state index contributed by atoms with van der Waals surface area (Å²) < 4.78 is 5.68. The highest BCUT2D eigenvalue weighted by atomic mass is 35.5. The zero-order chi connectivity index (χ0) is 16.7. The predicted molar refractivity (Wildman–Crippen MR) is 98.7 cm³/mol. The Hall–Kier alpha value is -1.65. The van der Waals surface area contributed by atoms with E-state index in [0.717, 1.165) is 11.5 Å². The first kappa shape index (κ1) is 17.7. The lowest BCUT2D eigenvalue weighted by Gasteiger charge is -2.13. The first-order chi connectivity index (χ1) is 11.1. The number of anilines is 1. The van der Waals surface area contributed by atoms with E-state index in [1.54, 1.807) is 23.9 Å². The van der Waals surface area contributed by atoms with Crippen molar-refractivity contribution in [3.63, 3.8) is 0 Å². The number of carbonyl (C=O) groups excluding carboxylic acids is 1. The van der Waals surface area contributed by atoms with Gasteiger partial charge in [-0.15, -0.1) is 11.8 Å². The highest BCUT2D eigenvalue weighted by molar-refractivity contribution is 8.00. The van der Waals surface area contributed by atoms with Gasteiger partial charge in [0.25, 0.3) is 0 Å². The summed E-state index contributed by atoms with van der Waals surface area (Å²) in [6.45, 7) is 4.48. The van der Waals surface area contributed by atoms with Gasteiger partial charge in [0.2, 0.25) is 5.91 Å². The van der Waals surface area contributed by atoms with Crippen LogP contribution in [0.25, 0.3) is 0 Å². The summed E-state index contributed by atoms with van der Waals surface area (Å²) in [4.78, 5) is 12.1. The molecule has 122 valence electrons. The number of nitrogens with one attached hydrogen (secondary N) is 1. The van der Waals surface area contributed by atoms with E-state index >= 15 is 0 Å². The Balaban J connectivity index is 1.73. The number of rotatable bonds is 7. The number of hydrogen-bond acceptors (Lipinski definition) is 3. The van der Waals surface area contributed by atoms with Gasteiger partial charge in [0.15, 0.2) is 0 Å². The fourth-order valence-electron chi connectivity index (χ4n) is 1.96. The van der Waals surface area contributed by atoms with E-state index in [1.165, 1.54) is 5.56 Å². The van der Waals surface area contributed by atoms with Crippen molar-refractivity contribution in [3.05, 3.63) is 59.1 Å². The van der Waals surface area contributed by atoms with Gasteiger partial charge in [-0.25, -0.2) is 0 Å². The van der Waals surface area contributed by atoms with Gasteiger partial charge >= 0.3 is 0 Å². The minimum Gasteiger partial charge on any atom is -0.493 e. The van der Waals surface area contributed by atoms with Crippen molar-refractivity contribution in [2.75, 3.05) is 17.7 Å². The van der Waals surface area contributed by atoms with E-state index in [0.29, 0.717) is 17.3 Å². The molecular weight excluding hydrogens is 330 g/mol. The molecule has 1 amide bonds. The highest BCUT2D eigenvalue weighted by Gasteiger charge is 2.14. The maximum Gasteiger partial charge on any atom is 0.237 e. The predicted octanol–water partition coefficient (Wildman–Crippen LogP) is 4.79. The van der Waals surface area contributed by atoms with Crippen LogP contribution in [0.5, 0.6) is 5.75 Å². The molecule has 0 saturated carbocycles. The standard InChI is InChI=1S/C18H20ClNO2S/c1-13-6-5-7-15(12-13)22-10-11-23-14(2)18(21)20-17-9-4-3-8-16(17)19/h3-9,12,14H,10-11H2,1-2H3,(H,20,21)/t14-/m1/s1. The molecule has 0 fully saturated rings. The maximum absolute atomic E-state index is 12.1. The third-order valence-corrected chi connectivity index (χ3v) is 4.66. The molecule has 2 rings (SSSR count). The van der Waals surface area contributed by atoms with Gasteiger partial charge in [-0.05, 0) is 43.7 Å². The average molecular weight is 350 g/mol. The molecule has 0 aliphatic carbocycles. The van der Waals surface area contributed by atoms with Gasteiger partial charge in [0, 0.05) is 5.75 Å². The molecule has 23 heavy (non-hydrogen) atoms. The fourth-order valence-corrected chi connectivity index (χ4v) is 2.89. The molecule has 0 spiro atoms.